The van der Waals surface area contributed by atoms with E-state index in [0.717, 1.165) is 25.8 Å². The second kappa shape index (κ2) is 8.12. The Morgan fingerprint density at radius 3 is 2.68 bits per heavy atom. The topological polar surface area (TPSA) is 51.2 Å². The van der Waals surface area contributed by atoms with Crippen LogP contribution in [0, 0.1) is 6.92 Å². The summed E-state index contributed by atoms with van der Waals surface area (Å²) in [6, 6.07) is 13.5. The Balaban J connectivity index is 1.58. The van der Waals surface area contributed by atoms with Crippen LogP contribution in [0.25, 0.3) is 11.3 Å². The SMILES string of the molecule is Cc1cc(OCC(=O)Nc2nc(-c3ccc(Br)cc3)cs2)ccc1Br. The van der Waals surface area contributed by atoms with E-state index in [9.17, 15) is 4.79 Å². The summed E-state index contributed by atoms with van der Waals surface area (Å²) in [5.41, 5.74) is 2.88. The van der Waals surface area contributed by atoms with Gasteiger partial charge in [-0.1, -0.05) is 44.0 Å². The molecule has 1 aromatic heterocycles. The minimum absolute atomic E-state index is 0.0612. The summed E-state index contributed by atoms with van der Waals surface area (Å²) < 4.78 is 7.54. The van der Waals surface area contributed by atoms with Crippen LogP contribution in [0.15, 0.2) is 56.8 Å². The van der Waals surface area contributed by atoms with Gasteiger partial charge in [-0.25, -0.2) is 4.98 Å². The molecule has 4 nitrogen and oxygen atoms in total. The number of benzene rings is 2. The zero-order valence-corrected chi connectivity index (χ0v) is 17.2. The van der Waals surface area contributed by atoms with Gasteiger partial charge >= 0.3 is 0 Å². The minimum Gasteiger partial charge on any atom is -0.484 e. The Hall–Kier alpha value is -1.70. The Morgan fingerprint density at radius 2 is 1.96 bits per heavy atom. The summed E-state index contributed by atoms with van der Waals surface area (Å²) in [7, 11) is 0. The van der Waals surface area contributed by atoms with Crippen molar-refractivity contribution in [2.45, 2.75) is 6.92 Å². The van der Waals surface area contributed by atoms with Gasteiger partial charge in [0.2, 0.25) is 0 Å². The first kappa shape index (κ1) is 18.1. The molecular weight excluding hydrogens is 468 g/mol. The van der Waals surface area contributed by atoms with Crippen molar-refractivity contribution in [3.8, 4) is 17.0 Å². The Bertz CT molecular complexity index is 894. The summed E-state index contributed by atoms with van der Waals surface area (Å²) in [5.74, 6) is 0.419. The Labute approximate surface area is 166 Å². The average molecular weight is 482 g/mol. The van der Waals surface area contributed by atoms with Gasteiger partial charge in [-0.3, -0.25) is 10.1 Å². The second-order valence-corrected chi connectivity index (χ2v) is 7.92. The van der Waals surface area contributed by atoms with E-state index in [1.54, 1.807) is 0 Å². The quantitative estimate of drug-likeness (QED) is 0.511. The molecule has 0 fully saturated rings. The highest BCUT2D eigenvalue weighted by molar-refractivity contribution is 9.10. The zero-order valence-electron chi connectivity index (χ0n) is 13.3. The molecule has 0 aliphatic carbocycles. The number of halogens is 2. The number of rotatable bonds is 5. The molecular formula is C18H14Br2N2O2S. The summed E-state index contributed by atoms with van der Waals surface area (Å²) in [6.45, 7) is 1.91. The standard InChI is InChI=1S/C18H14Br2N2O2S/c1-11-8-14(6-7-15(11)20)24-9-17(23)22-18-21-16(10-25-18)12-2-4-13(19)5-3-12/h2-8,10H,9H2,1H3,(H,21,22,23). The number of hydrogen-bond acceptors (Lipinski definition) is 4. The first-order valence-electron chi connectivity index (χ1n) is 7.41. The highest BCUT2D eigenvalue weighted by Gasteiger charge is 2.09. The van der Waals surface area contributed by atoms with Crippen molar-refractivity contribution in [3.63, 3.8) is 0 Å². The molecule has 25 heavy (non-hydrogen) atoms. The van der Waals surface area contributed by atoms with Gasteiger partial charge in [0, 0.05) is 19.9 Å². The molecule has 3 rings (SSSR count). The van der Waals surface area contributed by atoms with Gasteiger partial charge < -0.3 is 4.74 Å². The maximum Gasteiger partial charge on any atom is 0.264 e. The number of nitrogens with one attached hydrogen (secondary N) is 1. The maximum absolute atomic E-state index is 12.0. The van der Waals surface area contributed by atoms with Crippen molar-refractivity contribution < 1.29 is 9.53 Å². The molecule has 2 aromatic carbocycles. The van der Waals surface area contributed by atoms with Crippen LogP contribution in [0.2, 0.25) is 0 Å². The predicted octanol–water partition coefficient (Wildman–Crippen LogP) is 5.66. The number of carbonyl (C=O) groups is 1. The number of ether oxygens (including phenoxy) is 1. The molecule has 0 bridgehead atoms. The predicted molar refractivity (Wildman–Crippen MR) is 108 cm³/mol. The fraction of sp³-hybridized carbons (Fsp3) is 0.111. The van der Waals surface area contributed by atoms with Crippen molar-refractivity contribution in [2.24, 2.45) is 0 Å². The van der Waals surface area contributed by atoms with Crippen molar-refractivity contribution in [2.75, 3.05) is 11.9 Å². The molecule has 0 aliphatic heterocycles. The lowest BCUT2D eigenvalue weighted by Crippen LogP contribution is -2.20. The number of nitrogens with zero attached hydrogens (tertiary/aromatic N) is 1. The van der Waals surface area contributed by atoms with Gasteiger partial charge in [-0.2, -0.15) is 0 Å². The second-order valence-electron chi connectivity index (χ2n) is 5.29. The molecule has 0 unspecified atom stereocenters. The number of aromatic nitrogens is 1. The van der Waals surface area contributed by atoms with Crippen molar-refractivity contribution in [3.05, 3.63) is 62.4 Å². The largest absolute Gasteiger partial charge is 0.484 e. The third kappa shape index (κ3) is 4.90. The van der Waals surface area contributed by atoms with Gasteiger partial charge in [0.05, 0.1) is 5.69 Å². The molecule has 0 radical (unpaired) electrons. The number of anilines is 1. The molecule has 0 atom stereocenters. The van der Waals surface area contributed by atoms with E-state index >= 15 is 0 Å². The van der Waals surface area contributed by atoms with E-state index in [4.69, 9.17) is 4.74 Å². The van der Waals surface area contributed by atoms with Gasteiger partial charge in [0.25, 0.3) is 5.91 Å². The third-order valence-corrected chi connectivity index (χ3v) is 5.57. The molecule has 0 saturated carbocycles. The summed E-state index contributed by atoms with van der Waals surface area (Å²) >= 11 is 8.23. The van der Waals surface area contributed by atoms with Crippen LogP contribution in [-0.4, -0.2) is 17.5 Å². The van der Waals surface area contributed by atoms with Crippen LogP contribution >= 0.6 is 43.2 Å². The number of aryl methyl sites for hydroxylation is 1. The fourth-order valence-corrected chi connectivity index (χ4v) is 3.34. The molecule has 3 aromatic rings. The average Bonchev–Trinajstić information content (AvgIpc) is 3.05. The summed E-state index contributed by atoms with van der Waals surface area (Å²) in [4.78, 5) is 16.5. The minimum atomic E-state index is -0.239. The highest BCUT2D eigenvalue weighted by atomic mass is 79.9. The Kier molecular flexibility index (Phi) is 5.88. The normalized spacial score (nSPS) is 10.5. The third-order valence-electron chi connectivity index (χ3n) is 3.39. The molecule has 0 saturated heterocycles. The number of amides is 1. The van der Waals surface area contributed by atoms with E-state index in [1.165, 1.54) is 11.3 Å². The lowest BCUT2D eigenvalue weighted by atomic mass is 10.2. The van der Waals surface area contributed by atoms with Crippen LogP contribution in [0.5, 0.6) is 5.75 Å². The van der Waals surface area contributed by atoms with E-state index < -0.39 is 0 Å². The molecule has 1 N–H and O–H groups in total. The Morgan fingerprint density at radius 1 is 1.20 bits per heavy atom. The lowest BCUT2D eigenvalue weighted by molar-refractivity contribution is -0.118. The summed E-state index contributed by atoms with van der Waals surface area (Å²) in [6.07, 6.45) is 0. The summed E-state index contributed by atoms with van der Waals surface area (Å²) in [5, 5.41) is 5.23. The highest BCUT2D eigenvalue weighted by Crippen LogP contribution is 2.26. The van der Waals surface area contributed by atoms with E-state index in [-0.39, 0.29) is 12.5 Å². The van der Waals surface area contributed by atoms with Gasteiger partial charge in [-0.05, 0) is 42.8 Å². The van der Waals surface area contributed by atoms with E-state index in [1.807, 2.05) is 54.8 Å². The van der Waals surface area contributed by atoms with Gasteiger partial charge in [0.1, 0.15) is 5.75 Å². The maximum atomic E-state index is 12.0. The first-order chi connectivity index (χ1) is 12.0. The van der Waals surface area contributed by atoms with Crippen LogP contribution in [-0.2, 0) is 4.79 Å². The van der Waals surface area contributed by atoms with Crippen molar-refractivity contribution >= 4 is 54.2 Å². The van der Waals surface area contributed by atoms with Crippen LogP contribution in [0.1, 0.15) is 5.56 Å². The van der Waals surface area contributed by atoms with E-state index in [0.29, 0.717) is 10.9 Å². The van der Waals surface area contributed by atoms with Gasteiger partial charge in [-0.15, -0.1) is 11.3 Å². The van der Waals surface area contributed by atoms with Crippen LogP contribution in [0.4, 0.5) is 5.13 Å². The number of carbonyl (C=O) groups excluding carboxylic acids is 1. The van der Waals surface area contributed by atoms with Crippen molar-refractivity contribution in [1.29, 1.82) is 0 Å². The lowest BCUT2D eigenvalue weighted by Gasteiger charge is -2.07. The molecule has 1 heterocycles. The fourth-order valence-electron chi connectivity index (χ4n) is 2.10. The molecule has 0 aliphatic rings. The van der Waals surface area contributed by atoms with Crippen molar-refractivity contribution in [1.82, 2.24) is 4.98 Å². The van der Waals surface area contributed by atoms with E-state index in [2.05, 4.69) is 42.2 Å². The van der Waals surface area contributed by atoms with Gasteiger partial charge in [0.15, 0.2) is 11.7 Å². The zero-order chi connectivity index (χ0) is 17.8. The van der Waals surface area contributed by atoms with Crippen LogP contribution in [0.3, 0.4) is 0 Å². The molecule has 128 valence electrons. The monoisotopic (exact) mass is 480 g/mol. The molecule has 7 heteroatoms. The first-order valence-corrected chi connectivity index (χ1v) is 9.88. The number of hydrogen-bond donors (Lipinski definition) is 1. The molecule has 0 spiro atoms. The molecule has 1 amide bonds. The number of thiazole rings is 1. The van der Waals surface area contributed by atoms with Crippen LogP contribution < -0.4 is 10.1 Å². The smallest absolute Gasteiger partial charge is 0.264 e.